The Balaban J connectivity index is 3.64. The first kappa shape index (κ1) is 7.58. The average Bonchev–Trinajstić information content (AvgIpc) is 1.84. The molecule has 0 radical (unpaired) electrons. The molecule has 0 aromatic heterocycles. The molecular formula is C3H4BrNO3. The first-order chi connectivity index (χ1) is 3.72. The number of nitrogens with one attached hydrogen (secondary N) is 1. The third-order valence-corrected chi connectivity index (χ3v) is 0.985. The molecule has 0 unspecified atom stereocenters. The molecule has 0 saturated heterocycles. The zero-order valence-electron chi connectivity index (χ0n) is 3.85. The van der Waals surface area contributed by atoms with Gasteiger partial charge in [-0.05, 0) is 0 Å². The van der Waals surface area contributed by atoms with Crippen molar-refractivity contribution in [2.45, 2.75) is 0 Å². The number of carbonyl (C=O) groups is 2. The summed E-state index contributed by atoms with van der Waals surface area (Å²) in [4.78, 5) is 20.1. The highest BCUT2D eigenvalue weighted by Crippen LogP contribution is 1.80. The lowest BCUT2D eigenvalue weighted by Gasteiger charge is -1.88. The van der Waals surface area contributed by atoms with E-state index >= 15 is 0 Å². The van der Waals surface area contributed by atoms with Crippen molar-refractivity contribution in [2.24, 2.45) is 0 Å². The van der Waals surface area contributed by atoms with Gasteiger partial charge in [0.25, 0.3) is 0 Å². The smallest absolute Gasteiger partial charge is 0.288 e. The molecule has 8 heavy (non-hydrogen) atoms. The quantitative estimate of drug-likeness (QED) is 0.260. The zero-order valence-corrected chi connectivity index (χ0v) is 5.43. The van der Waals surface area contributed by atoms with Crippen LogP contribution < -0.4 is 5.48 Å². The van der Waals surface area contributed by atoms with Gasteiger partial charge in [0.1, 0.15) is 0 Å². The second-order valence-corrected chi connectivity index (χ2v) is 1.56. The second kappa shape index (κ2) is 3.57. The fraction of sp³-hybridized carbons (Fsp3) is 0.333. The van der Waals surface area contributed by atoms with Crippen molar-refractivity contribution in [2.75, 3.05) is 5.33 Å². The predicted molar refractivity (Wildman–Crippen MR) is 28.7 cm³/mol. The summed E-state index contributed by atoms with van der Waals surface area (Å²) in [5, 5.41) is 7.73. The van der Waals surface area contributed by atoms with Gasteiger partial charge in [0.05, 0.1) is 5.33 Å². The summed E-state index contributed by atoms with van der Waals surface area (Å²) in [5.74, 6) is -1.70. The molecule has 0 atom stereocenters. The molecule has 0 fully saturated rings. The lowest BCUT2D eigenvalue weighted by Crippen LogP contribution is -2.28. The van der Waals surface area contributed by atoms with Crippen LogP contribution in [-0.4, -0.2) is 22.2 Å². The Morgan fingerprint density at radius 1 is 1.62 bits per heavy atom. The molecule has 0 spiro atoms. The largest absolute Gasteiger partial charge is 0.311 e. The highest BCUT2D eigenvalue weighted by atomic mass is 79.9. The van der Waals surface area contributed by atoms with Crippen LogP contribution in [0.2, 0.25) is 0 Å². The minimum absolute atomic E-state index is 0.0700. The van der Waals surface area contributed by atoms with Crippen LogP contribution in [-0.2, 0) is 9.59 Å². The van der Waals surface area contributed by atoms with E-state index in [1.807, 2.05) is 0 Å². The fourth-order valence-corrected chi connectivity index (χ4v) is 0.378. The number of halogens is 1. The molecule has 0 rings (SSSR count). The maximum absolute atomic E-state index is 10.1. The Morgan fingerprint density at radius 2 is 2.12 bits per heavy atom. The molecule has 4 nitrogen and oxygen atoms in total. The maximum Gasteiger partial charge on any atom is 0.311 e. The van der Waals surface area contributed by atoms with Crippen molar-refractivity contribution < 1.29 is 14.8 Å². The van der Waals surface area contributed by atoms with Crippen LogP contribution in [0.3, 0.4) is 0 Å². The first-order valence-corrected chi connectivity index (χ1v) is 2.87. The van der Waals surface area contributed by atoms with E-state index in [2.05, 4.69) is 15.9 Å². The number of ketones is 1. The normalized spacial score (nSPS) is 8.25. The summed E-state index contributed by atoms with van der Waals surface area (Å²) in [6, 6.07) is 0. The Labute approximate surface area is 54.0 Å². The predicted octanol–water partition coefficient (Wildman–Crippen LogP) is -0.544. The molecular weight excluding hydrogens is 178 g/mol. The van der Waals surface area contributed by atoms with Crippen molar-refractivity contribution >= 4 is 27.6 Å². The van der Waals surface area contributed by atoms with E-state index in [1.54, 1.807) is 0 Å². The van der Waals surface area contributed by atoms with Crippen LogP contribution in [0.4, 0.5) is 0 Å². The summed E-state index contributed by atoms with van der Waals surface area (Å²) < 4.78 is 0. The van der Waals surface area contributed by atoms with E-state index in [0.717, 1.165) is 0 Å². The van der Waals surface area contributed by atoms with Gasteiger partial charge >= 0.3 is 5.91 Å². The molecule has 2 N–H and O–H groups in total. The molecule has 5 heteroatoms. The zero-order chi connectivity index (χ0) is 6.57. The van der Waals surface area contributed by atoms with E-state index in [4.69, 9.17) is 5.21 Å². The third-order valence-electron chi connectivity index (χ3n) is 0.476. The van der Waals surface area contributed by atoms with E-state index in [-0.39, 0.29) is 5.33 Å². The number of amides is 1. The first-order valence-electron chi connectivity index (χ1n) is 1.75. The van der Waals surface area contributed by atoms with E-state index in [0.29, 0.717) is 0 Å². The topological polar surface area (TPSA) is 66.4 Å². The van der Waals surface area contributed by atoms with E-state index in [9.17, 15) is 9.59 Å². The van der Waals surface area contributed by atoms with Crippen LogP contribution in [0.25, 0.3) is 0 Å². The Kier molecular flexibility index (Phi) is 3.38. The van der Waals surface area contributed by atoms with Crippen molar-refractivity contribution in [1.82, 2.24) is 5.48 Å². The minimum Gasteiger partial charge on any atom is -0.288 e. The van der Waals surface area contributed by atoms with Gasteiger partial charge in [-0.1, -0.05) is 15.9 Å². The minimum atomic E-state index is -0.998. The third kappa shape index (κ3) is 2.04. The summed E-state index contributed by atoms with van der Waals surface area (Å²) in [6.45, 7) is 0. The lowest BCUT2D eigenvalue weighted by molar-refractivity contribution is -0.141. The molecule has 0 aromatic carbocycles. The SMILES string of the molecule is O=C(CBr)C(=O)NO. The molecule has 1 amide bonds. The molecule has 0 aliphatic heterocycles. The van der Waals surface area contributed by atoms with Gasteiger partial charge in [-0.3, -0.25) is 14.8 Å². The van der Waals surface area contributed by atoms with Gasteiger partial charge in [0, 0.05) is 0 Å². The standard InChI is InChI=1S/C3H4BrNO3/c4-1-2(6)3(7)5-8/h8H,1H2,(H,5,7). The van der Waals surface area contributed by atoms with E-state index < -0.39 is 11.7 Å². The summed E-state index contributed by atoms with van der Waals surface area (Å²) in [6.07, 6.45) is 0. The van der Waals surface area contributed by atoms with E-state index in [1.165, 1.54) is 5.48 Å². The Morgan fingerprint density at radius 3 is 2.25 bits per heavy atom. The summed E-state index contributed by atoms with van der Waals surface area (Å²) in [5.41, 5.74) is 1.20. The molecule has 0 aliphatic rings. The van der Waals surface area contributed by atoms with Gasteiger partial charge < -0.3 is 0 Å². The summed E-state index contributed by atoms with van der Waals surface area (Å²) in [7, 11) is 0. The Bertz CT molecular complexity index is 99.1. The highest BCUT2D eigenvalue weighted by Gasteiger charge is 2.08. The van der Waals surface area contributed by atoms with Crippen molar-refractivity contribution in [3.05, 3.63) is 0 Å². The van der Waals surface area contributed by atoms with Crippen LogP contribution in [0.15, 0.2) is 0 Å². The van der Waals surface area contributed by atoms with Crippen molar-refractivity contribution in [3.63, 3.8) is 0 Å². The fourth-order valence-electron chi connectivity index (χ4n) is 0.123. The van der Waals surface area contributed by atoms with Gasteiger partial charge in [-0.25, -0.2) is 5.48 Å². The van der Waals surface area contributed by atoms with Crippen molar-refractivity contribution in [1.29, 1.82) is 0 Å². The number of carbonyl (C=O) groups excluding carboxylic acids is 2. The number of Topliss-reactive ketones (excluding diaryl/α,β-unsaturated/α-hetero) is 1. The number of hydroxylamine groups is 1. The van der Waals surface area contributed by atoms with Gasteiger partial charge in [0.2, 0.25) is 5.78 Å². The second-order valence-electron chi connectivity index (χ2n) is 0.998. The molecule has 46 valence electrons. The highest BCUT2D eigenvalue weighted by molar-refractivity contribution is 9.09. The van der Waals surface area contributed by atoms with Crippen LogP contribution >= 0.6 is 15.9 Å². The Hall–Kier alpha value is -0.420. The van der Waals surface area contributed by atoms with Crippen LogP contribution in [0.5, 0.6) is 0 Å². The average molecular weight is 182 g/mol. The van der Waals surface area contributed by atoms with Crippen molar-refractivity contribution in [3.8, 4) is 0 Å². The van der Waals surface area contributed by atoms with Crippen LogP contribution in [0, 0.1) is 0 Å². The monoisotopic (exact) mass is 181 g/mol. The molecule has 0 aromatic rings. The van der Waals surface area contributed by atoms with Gasteiger partial charge in [0.15, 0.2) is 0 Å². The number of hydrogen-bond acceptors (Lipinski definition) is 3. The molecule has 0 bridgehead atoms. The van der Waals surface area contributed by atoms with Gasteiger partial charge in [-0.2, -0.15) is 0 Å². The lowest BCUT2D eigenvalue weighted by atomic mass is 10.4. The van der Waals surface area contributed by atoms with Crippen LogP contribution in [0.1, 0.15) is 0 Å². The van der Waals surface area contributed by atoms with Gasteiger partial charge in [-0.15, -0.1) is 0 Å². The number of rotatable bonds is 2. The molecule has 0 heterocycles. The summed E-state index contributed by atoms with van der Waals surface area (Å²) >= 11 is 2.73. The number of alkyl halides is 1. The molecule has 0 aliphatic carbocycles. The number of hydrogen-bond donors (Lipinski definition) is 2. The molecule has 0 saturated carbocycles. The maximum atomic E-state index is 10.1.